The summed E-state index contributed by atoms with van der Waals surface area (Å²) in [4.78, 5) is 30.0. The molecule has 4 aromatic carbocycles. The topological polar surface area (TPSA) is 105 Å². The molecule has 4 aromatic rings. The Bertz CT molecular complexity index is 1800. The number of aryl methyl sites for hydroxylation is 1. The van der Waals surface area contributed by atoms with Crippen molar-refractivity contribution in [2.45, 2.75) is 57.1 Å². The molecule has 1 N–H and O–H groups in total. The number of rotatable bonds is 15. The van der Waals surface area contributed by atoms with Crippen molar-refractivity contribution in [3.63, 3.8) is 0 Å². The molecular weight excluding hydrogens is 650 g/mol. The third-order valence-electron chi connectivity index (χ3n) is 8.04. The summed E-state index contributed by atoms with van der Waals surface area (Å²) in [6, 6.07) is 26.5. The number of amides is 2. The molecule has 11 heteroatoms. The van der Waals surface area contributed by atoms with E-state index in [-0.39, 0.29) is 41.2 Å². The fraction of sp³-hybridized carbons (Fsp3) is 0.297. The lowest BCUT2D eigenvalue weighted by Gasteiger charge is -2.34. The number of methoxy groups -OCH3 is 2. The van der Waals surface area contributed by atoms with E-state index in [1.165, 1.54) is 49.5 Å². The number of carbonyl (C=O) groups is 2. The van der Waals surface area contributed by atoms with Crippen LogP contribution in [0, 0.1) is 6.92 Å². The minimum Gasteiger partial charge on any atom is -0.493 e. The first-order valence-electron chi connectivity index (χ1n) is 15.7. The van der Waals surface area contributed by atoms with Gasteiger partial charge in [0, 0.05) is 30.1 Å². The zero-order valence-corrected chi connectivity index (χ0v) is 29.4. The summed E-state index contributed by atoms with van der Waals surface area (Å²) in [6.45, 7) is 5.31. The highest BCUT2D eigenvalue weighted by Gasteiger charge is 2.35. The highest BCUT2D eigenvalue weighted by Crippen LogP contribution is 2.33. The molecule has 4 rings (SSSR count). The van der Waals surface area contributed by atoms with Gasteiger partial charge in [-0.2, -0.15) is 0 Å². The van der Waals surface area contributed by atoms with Crippen LogP contribution >= 0.6 is 11.6 Å². The number of anilines is 1. The molecule has 0 aliphatic heterocycles. The minimum absolute atomic E-state index is 0.0802. The van der Waals surface area contributed by atoms with Crippen LogP contribution in [0.25, 0.3) is 0 Å². The summed E-state index contributed by atoms with van der Waals surface area (Å²) in [6.07, 6.45) is 0.924. The minimum atomic E-state index is -4.35. The molecular formula is C37H42ClN3O6S. The maximum Gasteiger partial charge on any atom is 0.264 e. The van der Waals surface area contributed by atoms with Gasteiger partial charge in [-0.25, -0.2) is 8.42 Å². The molecule has 0 aliphatic carbocycles. The molecule has 254 valence electrons. The molecule has 0 aromatic heterocycles. The molecule has 9 nitrogen and oxygen atoms in total. The Morgan fingerprint density at radius 1 is 0.854 bits per heavy atom. The Hall–Kier alpha value is -4.54. The largest absolute Gasteiger partial charge is 0.493 e. The molecule has 0 bridgehead atoms. The summed E-state index contributed by atoms with van der Waals surface area (Å²) in [5.41, 5.74) is 2.87. The molecule has 2 atom stereocenters. The average molecular weight is 692 g/mol. The Kier molecular flexibility index (Phi) is 12.5. The van der Waals surface area contributed by atoms with E-state index in [4.69, 9.17) is 21.1 Å². The van der Waals surface area contributed by atoms with E-state index < -0.39 is 28.5 Å². The smallest absolute Gasteiger partial charge is 0.264 e. The van der Waals surface area contributed by atoms with Gasteiger partial charge in [-0.3, -0.25) is 13.9 Å². The van der Waals surface area contributed by atoms with Crippen molar-refractivity contribution in [1.29, 1.82) is 0 Å². The van der Waals surface area contributed by atoms with E-state index in [9.17, 15) is 18.0 Å². The zero-order valence-electron chi connectivity index (χ0n) is 27.9. The second kappa shape index (κ2) is 16.5. The van der Waals surface area contributed by atoms with Crippen molar-refractivity contribution in [2.75, 3.05) is 25.1 Å². The second-order valence-corrected chi connectivity index (χ2v) is 13.8. The Morgan fingerprint density at radius 3 is 2.15 bits per heavy atom. The standard InChI is InChI=1S/C37H42ClN3O6S/c1-6-27(3)39-37(43)33(22-28-12-8-7-9-13-28)40(24-29-14-10-11-26(2)21-29)36(42)25-41(31-17-15-30(38)16-18-31)48(44,45)32-19-20-34(46-4)35(23-32)47-5/h7-21,23,27,33H,6,22,24-25H2,1-5H3,(H,39,43)/t27-,33-/m0/s1. The van der Waals surface area contributed by atoms with Crippen LogP contribution in [-0.4, -0.2) is 58.0 Å². The van der Waals surface area contributed by atoms with Crippen LogP contribution in [0.5, 0.6) is 11.5 Å². The normalized spacial score (nSPS) is 12.5. The number of nitrogens with zero attached hydrogens (tertiary/aromatic N) is 2. The van der Waals surface area contributed by atoms with Crippen molar-refractivity contribution in [3.05, 3.63) is 119 Å². The van der Waals surface area contributed by atoms with E-state index in [0.29, 0.717) is 17.2 Å². The number of ether oxygens (including phenoxy) is 2. The van der Waals surface area contributed by atoms with E-state index in [0.717, 1.165) is 21.0 Å². The molecule has 2 amide bonds. The number of benzene rings is 4. The summed E-state index contributed by atoms with van der Waals surface area (Å²) in [5.74, 6) is -0.316. The Balaban J connectivity index is 1.83. The molecule has 0 unspecified atom stereocenters. The lowest BCUT2D eigenvalue weighted by Crippen LogP contribution is -2.54. The van der Waals surface area contributed by atoms with E-state index >= 15 is 0 Å². The van der Waals surface area contributed by atoms with Gasteiger partial charge in [-0.1, -0.05) is 78.7 Å². The quantitative estimate of drug-likeness (QED) is 0.154. The molecule has 0 saturated carbocycles. The average Bonchev–Trinajstić information content (AvgIpc) is 3.09. The molecule has 0 fully saturated rings. The molecule has 0 spiro atoms. The summed E-state index contributed by atoms with van der Waals surface area (Å²) >= 11 is 6.17. The van der Waals surface area contributed by atoms with Gasteiger partial charge in [0.2, 0.25) is 11.8 Å². The van der Waals surface area contributed by atoms with Crippen LogP contribution in [-0.2, 0) is 32.6 Å². The number of halogens is 1. The highest BCUT2D eigenvalue weighted by molar-refractivity contribution is 7.92. The number of carbonyl (C=O) groups excluding carboxylic acids is 2. The number of nitrogens with one attached hydrogen (secondary N) is 1. The van der Waals surface area contributed by atoms with Crippen LogP contribution in [0.1, 0.15) is 37.0 Å². The van der Waals surface area contributed by atoms with Gasteiger partial charge >= 0.3 is 0 Å². The van der Waals surface area contributed by atoms with Crippen LogP contribution in [0.3, 0.4) is 0 Å². The predicted molar refractivity (Wildman–Crippen MR) is 189 cm³/mol. The second-order valence-electron chi connectivity index (χ2n) is 11.5. The van der Waals surface area contributed by atoms with E-state index in [1.807, 2.05) is 75.4 Å². The van der Waals surface area contributed by atoms with Crippen molar-refractivity contribution in [1.82, 2.24) is 10.2 Å². The van der Waals surface area contributed by atoms with Gasteiger partial charge in [0.25, 0.3) is 10.0 Å². The molecule has 0 saturated heterocycles. The van der Waals surface area contributed by atoms with Gasteiger partial charge in [0.15, 0.2) is 11.5 Å². The molecule has 48 heavy (non-hydrogen) atoms. The number of hydrogen-bond acceptors (Lipinski definition) is 6. The Labute approximate surface area is 288 Å². The summed E-state index contributed by atoms with van der Waals surface area (Å²) in [5, 5.41) is 3.45. The first-order chi connectivity index (χ1) is 23.0. The third kappa shape index (κ3) is 9.08. The van der Waals surface area contributed by atoms with Gasteiger partial charge in [-0.15, -0.1) is 0 Å². The number of hydrogen-bond donors (Lipinski definition) is 1. The zero-order chi connectivity index (χ0) is 34.8. The first kappa shape index (κ1) is 36.3. The van der Waals surface area contributed by atoms with Gasteiger partial charge < -0.3 is 19.7 Å². The maximum atomic E-state index is 14.6. The van der Waals surface area contributed by atoms with Gasteiger partial charge in [-0.05, 0) is 67.8 Å². The van der Waals surface area contributed by atoms with Gasteiger partial charge in [0.1, 0.15) is 12.6 Å². The molecule has 0 radical (unpaired) electrons. The third-order valence-corrected chi connectivity index (χ3v) is 10.1. The maximum absolute atomic E-state index is 14.6. The first-order valence-corrected chi connectivity index (χ1v) is 17.5. The predicted octanol–water partition coefficient (Wildman–Crippen LogP) is 6.42. The summed E-state index contributed by atoms with van der Waals surface area (Å²) in [7, 11) is -1.49. The van der Waals surface area contributed by atoms with Crippen molar-refractivity contribution < 1.29 is 27.5 Å². The number of sulfonamides is 1. The molecule has 0 heterocycles. The van der Waals surface area contributed by atoms with Crippen LogP contribution in [0.4, 0.5) is 5.69 Å². The lowest BCUT2D eigenvalue weighted by molar-refractivity contribution is -0.140. The highest BCUT2D eigenvalue weighted by atomic mass is 35.5. The van der Waals surface area contributed by atoms with Gasteiger partial charge in [0.05, 0.1) is 24.8 Å². The lowest BCUT2D eigenvalue weighted by atomic mass is 10.0. The van der Waals surface area contributed by atoms with Crippen molar-refractivity contribution in [2.24, 2.45) is 0 Å². The SMILES string of the molecule is CC[C@H](C)NC(=O)[C@H](Cc1ccccc1)N(Cc1cccc(C)c1)C(=O)CN(c1ccc(Cl)cc1)S(=O)(=O)c1ccc(OC)c(OC)c1. The van der Waals surface area contributed by atoms with Crippen molar-refractivity contribution in [3.8, 4) is 11.5 Å². The summed E-state index contributed by atoms with van der Waals surface area (Å²) < 4.78 is 40.5. The fourth-order valence-corrected chi connectivity index (χ4v) is 6.80. The van der Waals surface area contributed by atoms with E-state index in [2.05, 4.69) is 5.32 Å². The van der Waals surface area contributed by atoms with Crippen LogP contribution in [0.15, 0.2) is 102 Å². The monoisotopic (exact) mass is 691 g/mol. The van der Waals surface area contributed by atoms with Crippen LogP contribution < -0.4 is 19.1 Å². The van der Waals surface area contributed by atoms with Crippen molar-refractivity contribution >= 4 is 39.1 Å². The fourth-order valence-electron chi connectivity index (χ4n) is 5.24. The van der Waals surface area contributed by atoms with Crippen LogP contribution in [0.2, 0.25) is 5.02 Å². The molecule has 0 aliphatic rings. The van der Waals surface area contributed by atoms with E-state index in [1.54, 1.807) is 12.1 Å². The Morgan fingerprint density at radius 2 is 1.52 bits per heavy atom.